The Kier molecular flexibility index (Phi) is 3.00. The fourth-order valence-electron chi connectivity index (χ4n) is 1.31. The number of aryl methyl sites for hydroxylation is 1. The Balaban J connectivity index is 2.24. The van der Waals surface area contributed by atoms with Gasteiger partial charge >= 0.3 is 5.69 Å². The van der Waals surface area contributed by atoms with Crippen molar-refractivity contribution in [3.8, 4) is 0 Å². The van der Waals surface area contributed by atoms with Crippen molar-refractivity contribution in [2.75, 3.05) is 0 Å². The van der Waals surface area contributed by atoms with Crippen LogP contribution in [0.5, 0.6) is 0 Å². The lowest BCUT2D eigenvalue weighted by Crippen LogP contribution is -2.13. The SMILES string of the molecule is Cc1n[nH]c(=O)n1/N=C/c1ccc([N+](=O)[O-])cc1. The number of aromatic amines is 1. The number of rotatable bonds is 3. The molecule has 0 aliphatic heterocycles. The van der Waals surface area contributed by atoms with Crippen molar-refractivity contribution in [3.63, 3.8) is 0 Å². The molecule has 0 amide bonds. The Morgan fingerprint density at radius 2 is 2.11 bits per heavy atom. The molecule has 0 radical (unpaired) electrons. The summed E-state index contributed by atoms with van der Waals surface area (Å²) in [5.41, 5.74) is 0.211. The highest BCUT2D eigenvalue weighted by Gasteiger charge is 2.03. The topological polar surface area (TPSA) is 106 Å². The fourth-order valence-corrected chi connectivity index (χ4v) is 1.31. The maximum atomic E-state index is 11.2. The first kappa shape index (κ1) is 11.7. The van der Waals surface area contributed by atoms with Crippen molar-refractivity contribution < 1.29 is 4.92 Å². The second kappa shape index (κ2) is 4.62. The molecular formula is C10H9N5O3. The molecule has 1 heterocycles. The zero-order valence-corrected chi connectivity index (χ0v) is 9.40. The molecule has 92 valence electrons. The summed E-state index contributed by atoms with van der Waals surface area (Å²) in [7, 11) is 0. The second-order valence-corrected chi connectivity index (χ2v) is 3.48. The molecule has 8 heteroatoms. The van der Waals surface area contributed by atoms with E-state index in [-0.39, 0.29) is 5.69 Å². The van der Waals surface area contributed by atoms with Crippen LogP contribution in [0.1, 0.15) is 11.4 Å². The summed E-state index contributed by atoms with van der Waals surface area (Å²) in [6.45, 7) is 1.63. The van der Waals surface area contributed by atoms with Gasteiger partial charge in [-0.1, -0.05) is 0 Å². The molecule has 0 saturated heterocycles. The number of nitrogens with zero attached hydrogens (tertiary/aromatic N) is 4. The van der Waals surface area contributed by atoms with Gasteiger partial charge in [0.1, 0.15) is 0 Å². The number of nitrogens with one attached hydrogen (secondary N) is 1. The zero-order chi connectivity index (χ0) is 13.1. The monoisotopic (exact) mass is 247 g/mol. The van der Waals surface area contributed by atoms with Gasteiger partial charge < -0.3 is 0 Å². The third-order valence-corrected chi connectivity index (χ3v) is 2.24. The lowest BCUT2D eigenvalue weighted by Gasteiger charge is -1.94. The van der Waals surface area contributed by atoms with E-state index in [1.165, 1.54) is 18.3 Å². The van der Waals surface area contributed by atoms with E-state index in [1.807, 2.05) is 0 Å². The van der Waals surface area contributed by atoms with Gasteiger partial charge in [0, 0.05) is 12.1 Å². The highest BCUT2D eigenvalue weighted by Crippen LogP contribution is 2.10. The third kappa shape index (κ3) is 2.32. The number of nitro benzene ring substituents is 1. The molecule has 1 N–H and O–H groups in total. The molecule has 18 heavy (non-hydrogen) atoms. The summed E-state index contributed by atoms with van der Waals surface area (Å²) in [4.78, 5) is 21.2. The minimum Gasteiger partial charge on any atom is -0.258 e. The van der Waals surface area contributed by atoms with Gasteiger partial charge in [0.05, 0.1) is 11.1 Å². The largest absolute Gasteiger partial charge is 0.364 e. The number of benzene rings is 1. The third-order valence-electron chi connectivity index (χ3n) is 2.24. The molecule has 1 aromatic heterocycles. The smallest absolute Gasteiger partial charge is 0.258 e. The summed E-state index contributed by atoms with van der Waals surface area (Å²) >= 11 is 0. The Bertz CT molecular complexity index is 653. The summed E-state index contributed by atoms with van der Waals surface area (Å²) in [6, 6.07) is 5.82. The van der Waals surface area contributed by atoms with E-state index in [9.17, 15) is 14.9 Å². The first-order chi connectivity index (χ1) is 8.58. The van der Waals surface area contributed by atoms with E-state index in [4.69, 9.17) is 0 Å². The molecule has 0 bridgehead atoms. The normalized spacial score (nSPS) is 10.9. The molecule has 0 aliphatic rings. The van der Waals surface area contributed by atoms with Crippen LogP contribution >= 0.6 is 0 Å². The minimum absolute atomic E-state index is 0.00353. The van der Waals surface area contributed by atoms with Gasteiger partial charge in [0.2, 0.25) is 0 Å². The number of non-ortho nitro benzene ring substituents is 1. The average molecular weight is 247 g/mol. The fraction of sp³-hybridized carbons (Fsp3) is 0.100. The van der Waals surface area contributed by atoms with Crippen LogP contribution in [0.15, 0.2) is 34.2 Å². The number of nitro groups is 1. The van der Waals surface area contributed by atoms with E-state index in [0.29, 0.717) is 11.4 Å². The Morgan fingerprint density at radius 3 is 2.61 bits per heavy atom. The maximum Gasteiger partial charge on any atom is 0.364 e. The van der Waals surface area contributed by atoms with Gasteiger partial charge in [0.15, 0.2) is 5.82 Å². The van der Waals surface area contributed by atoms with Gasteiger partial charge in [-0.05, 0) is 24.6 Å². The quantitative estimate of drug-likeness (QED) is 0.488. The minimum atomic E-state index is -0.481. The number of H-pyrrole nitrogens is 1. The van der Waals surface area contributed by atoms with E-state index < -0.39 is 10.6 Å². The molecule has 0 saturated carbocycles. The molecule has 0 spiro atoms. The number of hydrogen-bond donors (Lipinski definition) is 1. The van der Waals surface area contributed by atoms with Crippen molar-refractivity contribution in [2.45, 2.75) is 6.92 Å². The summed E-state index contributed by atoms with van der Waals surface area (Å²) in [6.07, 6.45) is 1.42. The second-order valence-electron chi connectivity index (χ2n) is 3.48. The first-order valence-electron chi connectivity index (χ1n) is 5.01. The number of aromatic nitrogens is 3. The summed E-state index contributed by atoms with van der Waals surface area (Å²) < 4.78 is 1.10. The summed E-state index contributed by atoms with van der Waals surface area (Å²) in [5.74, 6) is 0.429. The molecule has 0 unspecified atom stereocenters. The van der Waals surface area contributed by atoms with Crippen molar-refractivity contribution in [3.05, 3.63) is 56.3 Å². The van der Waals surface area contributed by atoms with Crippen LogP contribution in [0.4, 0.5) is 5.69 Å². The van der Waals surface area contributed by atoms with E-state index in [1.54, 1.807) is 19.1 Å². The highest BCUT2D eigenvalue weighted by molar-refractivity contribution is 5.79. The van der Waals surface area contributed by atoms with Crippen molar-refractivity contribution in [1.82, 2.24) is 14.9 Å². The van der Waals surface area contributed by atoms with Gasteiger partial charge in [-0.2, -0.15) is 14.9 Å². The van der Waals surface area contributed by atoms with E-state index >= 15 is 0 Å². The molecule has 8 nitrogen and oxygen atoms in total. The van der Waals surface area contributed by atoms with Crippen LogP contribution in [0.3, 0.4) is 0 Å². The molecular weight excluding hydrogens is 238 g/mol. The maximum absolute atomic E-state index is 11.2. The van der Waals surface area contributed by atoms with Crippen LogP contribution in [0, 0.1) is 17.0 Å². The standard InChI is InChI=1S/C10H9N5O3/c1-7-12-13-10(16)14(7)11-6-8-2-4-9(5-3-8)15(17)18/h2-6H,1H3,(H,13,16)/b11-6+. The molecule has 0 atom stereocenters. The van der Waals surface area contributed by atoms with Crippen LogP contribution in [0.25, 0.3) is 0 Å². The highest BCUT2D eigenvalue weighted by atomic mass is 16.6. The van der Waals surface area contributed by atoms with Gasteiger partial charge in [-0.25, -0.2) is 9.89 Å². The van der Waals surface area contributed by atoms with Gasteiger partial charge in [-0.3, -0.25) is 10.1 Å². The summed E-state index contributed by atoms with van der Waals surface area (Å²) in [5, 5.41) is 20.3. The van der Waals surface area contributed by atoms with Crippen LogP contribution in [0.2, 0.25) is 0 Å². The van der Waals surface area contributed by atoms with Gasteiger partial charge in [0.25, 0.3) is 5.69 Å². The number of hydrogen-bond acceptors (Lipinski definition) is 5. The Morgan fingerprint density at radius 1 is 1.44 bits per heavy atom. The molecule has 2 aromatic rings. The van der Waals surface area contributed by atoms with Crippen molar-refractivity contribution in [2.24, 2.45) is 5.10 Å². The van der Waals surface area contributed by atoms with Crippen molar-refractivity contribution >= 4 is 11.9 Å². The van der Waals surface area contributed by atoms with Gasteiger partial charge in [-0.15, -0.1) is 0 Å². The van der Waals surface area contributed by atoms with Crippen molar-refractivity contribution in [1.29, 1.82) is 0 Å². The zero-order valence-electron chi connectivity index (χ0n) is 9.40. The molecule has 2 rings (SSSR count). The first-order valence-corrected chi connectivity index (χ1v) is 5.01. The van der Waals surface area contributed by atoms with E-state index in [2.05, 4.69) is 15.3 Å². The lowest BCUT2D eigenvalue weighted by molar-refractivity contribution is -0.384. The Hall–Kier alpha value is -2.77. The predicted octanol–water partition coefficient (Wildman–Crippen LogP) is 0.670. The molecule has 1 aromatic carbocycles. The lowest BCUT2D eigenvalue weighted by atomic mass is 10.2. The average Bonchev–Trinajstić information content (AvgIpc) is 2.67. The van der Waals surface area contributed by atoms with Crippen LogP contribution in [-0.4, -0.2) is 26.0 Å². The Labute approximate surface area is 101 Å². The molecule has 0 aliphatic carbocycles. The van der Waals surface area contributed by atoms with Crippen LogP contribution in [-0.2, 0) is 0 Å². The van der Waals surface area contributed by atoms with E-state index in [0.717, 1.165) is 4.68 Å². The predicted molar refractivity (Wildman–Crippen MR) is 63.7 cm³/mol. The van der Waals surface area contributed by atoms with Crippen LogP contribution < -0.4 is 5.69 Å². The molecule has 0 fully saturated rings.